The number of benzene rings is 3. The summed E-state index contributed by atoms with van der Waals surface area (Å²) < 4.78 is 39.2. The maximum absolute atomic E-state index is 14.0. The molecule has 5 rings (SSSR count). The lowest BCUT2D eigenvalue weighted by Gasteiger charge is -2.25. The molecule has 0 saturated heterocycles. The maximum atomic E-state index is 14.0. The minimum atomic E-state index is -1.09. The van der Waals surface area contributed by atoms with Gasteiger partial charge in [-0.1, -0.05) is 38.1 Å². The van der Waals surface area contributed by atoms with Crippen LogP contribution in [-0.2, 0) is 25.8 Å². The molecule has 11 heteroatoms. The fourth-order valence-corrected chi connectivity index (χ4v) is 4.96. The molecule has 5 aromatic rings. The lowest BCUT2D eigenvalue weighted by Crippen LogP contribution is -2.48. The van der Waals surface area contributed by atoms with Crippen LogP contribution in [0.25, 0.3) is 22.9 Å². The molecule has 0 aliphatic carbocycles. The van der Waals surface area contributed by atoms with Crippen molar-refractivity contribution in [3.8, 4) is 22.9 Å². The zero-order chi connectivity index (χ0) is 31.1. The molecule has 0 saturated carbocycles. The van der Waals surface area contributed by atoms with E-state index in [1.54, 1.807) is 24.5 Å². The minimum Gasteiger partial charge on any atom is -0.445 e. The number of amides is 1. The van der Waals surface area contributed by atoms with Crippen LogP contribution in [0, 0.1) is 11.6 Å². The Morgan fingerprint density at radius 2 is 1.64 bits per heavy atom. The third kappa shape index (κ3) is 8.85. The van der Waals surface area contributed by atoms with Crippen LogP contribution in [0.4, 0.5) is 8.78 Å². The Labute approximate surface area is 266 Å². The van der Waals surface area contributed by atoms with Crippen LogP contribution in [0.2, 0.25) is 0 Å². The van der Waals surface area contributed by atoms with Gasteiger partial charge in [-0.05, 0) is 66.3 Å². The lowest BCUT2D eigenvalue weighted by atomic mass is 9.99. The number of halogens is 3. The van der Waals surface area contributed by atoms with Gasteiger partial charge in [0.1, 0.15) is 24.2 Å². The van der Waals surface area contributed by atoms with Crippen molar-refractivity contribution in [1.29, 1.82) is 0 Å². The molecule has 0 aliphatic rings. The first-order valence-electron chi connectivity index (χ1n) is 14.5. The molecule has 236 valence electrons. The number of carbonyl (C=O) groups is 1. The molecule has 0 spiro atoms. The predicted molar refractivity (Wildman–Crippen MR) is 169 cm³/mol. The van der Waals surface area contributed by atoms with Crippen molar-refractivity contribution in [3.63, 3.8) is 0 Å². The second kappa shape index (κ2) is 15.6. The molecule has 8 nitrogen and oxygen atoms in total. The summed E-state index contributed by atoms with van der Waals surface area (Å²) in [5.74, 6) is -1.37. The minimum absolute atomic E-state index is 0. The van der Waals surface area contributed by atoms with Crippen LogP contribution in [0.3, 0.4) is 0 Å². The van der Waals surface area contributed by atoms with Gasteiger partial charge in [-0.15, -0.1) is 12.4 Å². The molecule has 2 aromatic heterocycles. The van der Waals surface area contributed by atoms with E-state index >= 15 is 0 Å². The molecule has 45 heavy (non-hydrogen) atoms. The number of aliphatic hydroxyl groups excluding tert-OH is 1. The molecule has 0 radical (unpaired) electrons. The second-order valence-corrected chi connectivity index (χ2v) is 10.6. The van der Waals surface area contributed by atoms with Crippen LogP contribution < -0.4 is 10.6 Å². The van der Waals surface area contributed by atoms with E-state index in [0.29, 0.717) is 41.4 Å². The molecule has 0 aliphatic heterocycles. The largest absolute Gasteiger partial charge is 0.445 e. The standard InChI is InChI=1S/C34H34F2N4O4.ClH/c1-3-21-6-5-7-22(10-21)18-37-19-31(41)30(13-23-11-27(35)17-28(36)12-23)40-32(42)24-14-25(33-38-8-9-43-33)16-26(15-24)34-39-29(4-2)20-44-34;/h5-12,14-17,20,30-31,37,41H,3-4,13,18-19H2,1-2H3,(H,40,42);1H/t30-,31+;/m0./s1. The maximum Gasteiger partial charge on any atom is 0.251 e. The predicted octanol–water partition coefficient (Wildman–Crippen LogP) is 6.31. The number of nitrogens with one attached hydrogen (secondary N) is 2. The highest BCUT2D eigenvalue weighted by Crippen LogP contribution is 2.28. The molecule has 2 atom stereocenters. The van der Waals surface area contributed by atoms with Crippen molar-refractivity contribution >= 4 is 18.3 Å². The highest BCUT2D eigenvalue weighted by atomic mass is 35.5. The molecule has 0 bridgehead atoms. The van der Waals surface area contributed by atoms with Gasteiger partial charge in [-0.2, -0.15) is 0 Å². The average molecular weight is 637 g/mol. The second-order valence-electron chi connectivity index (χ2n) is 10.6. The van der Waals surface area contributed by atoms with Crippen LogP contribution in [0.15, 0.2) is 88.2 Å². The first-order valence-corrected chi connectivity index (χ1v) is 14.5. The topological polar surface area (TPSA) is 113 Å². The van der Waals surface area contributed by atoms with Crippen LogP contribution in [0.1, 0.15) is 46.6 Å². The van der Waals surface area contributed by atoms with Gasteiger partial charge < -0.3 is 24.6 Å². The van der Waals surface area contributed by atoms with E-state index in [4.69, 9.17) is 8.83 Å². The highest BCUT2D eigenvalue weighted by Gasteiger charge is 2.24. The number of aromatic nitrogens is 2. The van der Waals surface area contributed by atoms with Gasteiger partial charge in [0.15, 0.2) is 0 Å². The van der Waals surface area contributed by atoms with Gasteiger partial charge in [0.2, 0.25) is 11.8 Å². The van der Waals surface area contributed by atoms with Gasteiger partial charge >= 0.3 is 0 Å². The van der Waals surface area contributed by atoms with Crippen molar-refractivity contribution in [2.45, 2.75) is 51.8 Å². The number of aliphatic hydroxyl groups is 1. The van der Waals surface area contributed by atoms with Crippen LogP contribution in [0.5, 0.6) is 0 Å². The van der Waals surface area contributed by atoms with Crippen molar-refractivity contribution in [2.24, 2.45) is 0 Å². The number of oxazole rings is 2. The van der Waals surface area contributed by atoms with Gasteiger partial charge in [0, 0.05) is 35.8 Å². The SMILES string of the molecule is CCc1cccc(CNC[C@@H](O)[C@H](Cc2cc(F)cc(F)c2)NC(=O)c2cc(-c3ncco3)cc(-c3nc(CC)co3)c2)c1.Cl. The summed E-state index contributed by atoms with van der Waals surface area (Å²) in [6, 6.07) is 15.4. The number of nitrogens with zero attached hydrogens (tertiary/aromatic N) is 2. The summed E-state index contributed by atoms with van der Waals surface area (Å²) in [6.07, 6.45) is 4.96. The Morgan fingerprint density at radius 3 is 2.31 bits per heavy atom. The first-order chi connectivity index (χ1) is 21.3. The van der Waals surface area contributed by atoms with E-state index < -0.39 is 29.7 Å². The summed E-state index contributed by atoms with van der Waals surface area (Å²) in [5.41, 5.74) is 4.59. The van der Waals surface area contributed by atoms with E-state index in [1.165, 1.54) is 30.2 Å². The van der Waals surface area contributed by atoms with Crippen molar-refractivity contribution in [2.75, 3.05) is 6.54 Å². The molecule has 0 unspecified atom stereocenters. The van der Waals surface area contributed by atoms with Crippen molar-refractivity contribution < 1.29 is 27.5 Å². The number of rotatable bonds is 13. The summed E-state index contributed by atoms with van der Waals surface area (Å²) in [4.78, 5) is 22.4. The number of aryl methyl sites for hydroxylation is 2. The summed E-state index contributed by atoms with van der Waals surface area (Å²) in [5, 5.41) is 17.3. The van der Waals surface area contributed by atoms with Crippen molar-refractivity contribution in [3.05, 3.63) is 119 Å². The lowest BCUT2D eigenvalue weighted by molar-refractivity contribution is 0.0830. The van der Waals surface area contributed by atoms with Crippen molar-refractivity contribution in [1.82, 2.24) is 20.6 Å². The quantitative estimate of drug-likeness (QED) is 0.139. The summed E-state index contributed by atoms with van der Waals surface area (Å²) in [7, 11) is 0. The number of hydrogen-bond donors (Lipinski definition) is 3. The Morgan fingerprint density at radius 1 is 0.911 bits per heavy atom. The van der Waals surface area contributed by atoms with E-state index in [9.17, 15) is 18.7 Å². The number of hydrogen-bond acceptors (Lipinski definition) is 7. The molecule has 3 aromatic carbocycles. The zero-order valence-electron chi connectivity index (χ0n) is 24.9. The van der Waals surface area contributed by atoms with Gasteiger partial charge in [-0.25, -0.2) is 18.7 Å². The van der Waals surface area contributed by atoms with E-state index in [0.717, 1.165) is 23.7 Å². The third-order valence-electron chi connectivity index (χ3n) is 7.28. The molecule has 2 heterocycles. The average Bonchev–Trinajstić information content (AvgIpc) is 3.73. The normalized spacial score (nSPS) is 12.4. The number of carbonyl (C=O) groups excluding carboxylic acids is 1. The molecule has 1 amide bonds. The van der Waals surface area contributed by atoms with E-state index in [-0.39, 0.29) is 30.9 Å². The Bertz CT molecular complexity index is 1690. The molecular formula is C34H35ClF2N4O4. The summed E-state index contributed by atoms with van der Waals surface area (Å²) >= 11 is 0. The third-order valence-corrected chi connectivity index (χ3v) is 7.28. The van der Waals surface area contributed by atoms with E-state index in [2.05, 4.69) is 39.7 Å². The Hall–Kier alpha value is -4.38. The smallest absolute Gasteiger partial charge is 0.251 e. The fraction of sp³-hybridized carbons (Fsp3) is 0.265. The first kappa shape index (κ1) is 33.5. The highest BCUT2D eigenvalue weighted by molar-refractivity contribution is 5.97. The Balaban J connectivity index is 0.00000461. The molecular weight excluding hydrogens is 602 g/mol. The zero-order valence-corrected chi connectivity index (χ0v) is 25.7. The molecule has 3 N–H and O–H groups in total. The van der Waals surface area contributed by atoms with Gasteiger partial charge in [0.25, 0.3) is 5.91 Å². The van der Waals surface area contributed by atoms with Crippen LogP contribution >= 0.6 is 12.4 Å². The Kier molecular flexibility index (Phi) is 11.6. The van der Waals surface area contributed by atoms with Gasteiger partial charge in [-0.3, -0.25) is 4.79 Å². The van der Waals surface area contributed by atoms with Gasteiger partial charge in [0.05, 0.1) is 24.0 Å². The monoisotopic (exact) mass is 636 g/mol. The van der Waals surface area contributed by atoms with Crippen LogP contribution in [-0.4, -0.2) is 39.7 Å². The van der Waals surface area contributed by atoms with E-state index in [1.807, 2.05) is 19.1 Å². The fourth-order valence-electron chi connectivity index (χ4n) is 4.96. The molecule has 0 fully saturated rings. The summed E-state index contributed by atoms with van der Waals surface area (Å²) in [6.45, 7) is 4.65.